The summed E-state index contributed by atoms with van der Waals surface area (Å²) in [5.74, 6) is -3.12. The zero-order chi connectivity index (χ0) is 26.5. The normalized spacial score (nSPS) is 13.5. The molecule has 1 heterocycles. The molecule has 0 bridgehead atoms. The molecule has 1 aliphatic carbocycles. The number of aryl methyl sites for hydroxylation is 1. The highest BCUT2D eigenvalue weighted by molar-refractivity contribution is 5.94. The van der Waals surface area contributed by atoms with Crippen LogP contribution in [0, 0.1) is 40.6 Å². The fourth-order valence-corrected chi connectivity index (χ4v) is 3.21. The Morgan fingerprint density at radius 3 is 2.11 bits per heavy atom. The number of nitrogens with zero attached hydrogens (tertiary/aromatic N) is 3. The van der Waals surface area contributed by atoms with E-state index in [-0.39, 0.29) is 22.4 Å². The smallest absolute Gasteiger partial charge is 0.256 e. The predicted octanol–water partition coefficient (Wildman–Crippen LogP) is 6.93. The van der Waals surface area contributed by atoms with E-state index in [2.05, 4.69) is 18.8 Å². The van der Waals surface area contributed by atoms with Crippen LogP contribution in [0.1, 0.15) is 46.1 Å². The summed E-state index contributed by atoms with van der Waals surface area (Å²) < 4.78 is 69.4. The maximum absolute atomic E-state index is 14.4. The lowest BCUT2D eigenvalue weighted by atomic mass is 10.1. The van der Waals surface area contributed by atoms with Crippen LogP contribution in [0.25, 0.3) is 10.9 Å². The first kappa shape index (κ1) is 27.9. The fraction of sp³-hybridized carbons (Fsp3) is 0.400. The van der Waals surface area contributed by atoms with Gasteiger partial charge in [0.15, 0.2) is 5.82 Å². The van der Waals surface area contributed by atoms with Crippen molar-refractivity contribution < 1.29 is 22.0 Å². The zero-order valence-electron chi connectivity index (χ0n) is 20.4. The molecule has 10 heteroatoms. The van der Waals surface area contributed by atoms with Gasteiger partial charge in [-0.1, -0.05) is 27.7 Å². The number of rotatable bonds is 5. The minimum absolute atomic E-state index is 0.0109. The van der Waals surface area contributed by atoms with Crippen molar-refractivity contribution in [2.24, 2.45) is 5.41 Å². The van der Waals surface area contributed by atoms with Gasteiger partial charge in [0, 0.05) is 17.1 Å². The van der Waals surface area contributed by atoms with Gasteiger partial charge in [0.2, 0.25) is 5.62 Å². The molecule has 0 spiro atoms. The van der Waals surface area contributed by atoms with Crippen LogP contribution in [0.5, 0.6) is 0 Å². The third kappa shape index (κ3) is 7.10. The number of alkyl halides is 2. The summed E-state index contributed by atoms with van der Waals surface area (Å²) >= 11 is 0. The molecule has 0 radical (unpaired) electrons. The van der Waals surface area contributed by atoms with Crippen LogP contribution < -0.4 is 10.5 Å². The van der Waals surface area contributed by atoms with E-state index in [1.165, 1.54) is 25.0 Å². The minimum atomic E-state index is -2.89. The third-order valence-electron chi connectivity index (χ3n) is 5.24. The summed E-state index contributed by atoms with van der Waals surface area (Å²) in [6.45, 7) is 9.21. The van der Waals surface area contributed by atoms with E-state index in [4.69, 9.17) is 10.8 Å². The van der Waals surface area contributed by atoms with Crippen LogP contribution in [0.4, 0.5) is 33.5 Å². The molecule has 0 atom stereocenters. The summed E-state index contributed by atoms with van der Waals surface area (Å²) in [5, 5.41) is 15.0. The molecule has 190 valence electrons. The maximum Gasteiger partial charge on any atom is 0.256 e. The first-order valence-corrected chi connectivity index (χ1v) is 11.2. The molecule has 1 aromatic heterocycles. The Balaban J connectivity index is 0.000000538. The fourth-order valence-electron chi connectivity index (χ4n) is 3.21. The SMILES string of the molecule is CC.CC1(C)CC1.Cc1cc(F)cc(N(CC(F)F)c2nc(=N)n(C=N)c3c(F)cc(F)cc23)c1. The lowest BCUT2D eigenvalue weighted by Gasteiger charge is -2.26. The number of benzene rings is 2. The van der Waals surface area contributed by atoms with Crippen LogP contribution in [-0.4, -0.2) is 28.9 Å². The van der Waals surface area contributed by atoms with E-state index in [1.54, 1.807) is 6.92 Å². The van der Waals surface area contributed by atoms with Gasteiger partial charge >= 0.3 is 0 Å². The second kappa shape index (κ2) is 11.4. The molecule has 2 N–H and O–H groups in total. The van der Waals surface area contributed by atoms with Crippen molar-refractivity contribution in [3.8, 4) is 0 Å². The Bertz CT molecular complexity index is 1230. The summed E-state index contributed by atoms with van der Waals surface area (Å²) in [4.78, 5) is 4.76. The summed E-state index contributed by atoms with van der Waals surface area (Å²) in [5.41, 5.74) is 0.171. The van der Waals surface area contributed by atoms with Crippen molar-refractivity contribution in [3.63, 3.8) is 0 Å². The molecule has 2 aromatic carbocycles. The van der Waals surface area contributed by atoms with Gasteiger partial charge < -0.3 is 4.90 Å². The number of hydrogen-bond donors (Lipinski definition) is 2. The van der Waals surface area contributed by atoms with E-state index in [0.717, 1.165) is 27.0 Å². The predicted molar refractivity (Wildman–Crippen MR) is 128 cm³/mol. The highest BCUT2D eigenvalue weighted by Crippen LogP contribution is 2.43. The van der Waals surface area contributed by atoms with E-state index < -0.39 is 36.0 Å². The monoisotopic (exact) mass is 495 g/mol. The first-order valence-electron chi connectivity index (χ1n) is 11.2. The van der Waals surface area contributed by atoms with E-state index in [0.29, 0.717) is 18.0 Å². The van der Waals surface area contributed by atoms with Crippen molar-refractivity contribution in [1.82, 2.24) is 9.55 Å². The van der Waals surface area contributed by atoms with Crippen LogP contribution in [0.15, 0.2) is 30.3 Å². The highest BCUT2D eigenvalue weighted by Gasteiger charge is 2.30. The minimum Gasteiger partial charge on any atom is -0.320 e. The van der Waals surface area contributed by atoms with Crippen LogP contribution in [0.3, 0.4) is 0 Å². The average Bonchev–Trinajstić information content (AvgIpc) is 3.47. The molecule has 3 aromatic rings. The number of hydrogen-bond acceptors (Lipinski definition) is 4. The number of nitrogens with one attached hydrogen (secondary N) is 2. The second-order valence-corrected chi connectivity index (χ2v) is 8.69. The number of anilines is 2. The zero-order valence-corrected chi connectivity index (χ0v) is 20.4. The highest BCUT2D eigenvalue weighted by atomic mass is 19.3. The van der Waals surface area contributed by atoms with Crippen molar-refractivity contribution in [3.05, 3.63) is 59.0 Å². The van der Waals surface area contributed by atoms with Gasteiger partial charge in [-0.3, -0.25) is 15.4 Å². The molecule has 0 aliphatic heterocycles. The topological polar surface area (TPSA) is 68.8 Å². The van der Waals surface area contributed by atoms with Crippen molar-refractivity contribution in [1.29, 1.82) is 10.8 Å². The van der Waals surface area contributed by atoms with E-state index >= 15 is 0 Å². The standard InChI is InChI=1S/C18H14F5N5.C5H10.C2H6/c1-9-2-10(19)4-12(3-9)27(7-15(22)23)17-13-5-11(20)6-14(21)16(13)28(8-24)18(25)26-17;1-5(2)3-4-5;1-2/h2-6,8,15,24-25H,7H2,1H3;3-4H2,1-2H3;1-2H3. The summed E-state index contributed by atoms with van der Waals surface area (Å²) in [6.07, 6.45) is 0.620. The van der Waals surface area contributed by atoms with Gasteiger partial charge in [0.05, 0.1) is 18.4 Å². The van der Waals surface area contributed by atoms with Gasteiger partial charge in [0.1, 0.15) is 17.5 Å². The van der Waals surface area contributed by atoms with Gasteiger partial charge in [0.25, 0.3) is 6.43 Å². The molecular formula is C25H30F5N5. The van der Waals surface area contributed by atoms with Crippen LogP contribution in [0.2, 0.25) is 0 Å². The largest absolute Gasteiger partial charge is 0.320 e. The number of fused-ring (bicyclic) bond motifs is 1. The quantitative estimate of drug-likeness (QED) is 0.229. The van der Waals surface area contributed by atoms with Crippen LogP contribution >= 0.6 is 0 Å². The Kier molecular flexibility index (Phi) is 9.12. The second-order valence-electron chi connectivity index (χ2n) is 8.69. The van der Waals surface area contributed by atoms with Gasteiger partial charge in [-0.05, 0) is 55.0 Å². The number of halogens is 5. The van der Waals surface area contributed by atoms with Crippen LogP contribution in [-0.2, 0) is 0 Å². The van der Waals surface area contributed by atoms with Gasteiger partial charge in [-0.15, -0.1) is 0 Å². The van der Waals surface area contributed by atoms with Gasteiger partial charge in [-0.2, -0.15) is 4.98 Å². The molecule has 5 nitrogen and oxygen atoms in total. The summed E-state index contributed by atoms with van der Waals surface area (Å²) in [6, 6.07) is 5.01. The Hall–Kier alpha value is -3.30. The molecule has 0 unspecified atom stereocenters. The molecule has 4 rings (SSSR count). The number of aromatic nitrogens is 2. The molecular weight excluding hydrogens is 465 g/mol. The lowest BCUT2D eigenvalue weighted by Crippen LogP contribution is -2.31. The maximum atomic E-state index is 14.4. The lowest BCUT2D eigenvalue weighted by molar-refractivity contribution is 0.157. The molecule has 35 heavy (non-hydrogen) atoms. The molecule has 0 saturated heterocycles. The molecule has 1 aliphatic rings. The Morgan fingerprint density at radius 1 is 1.06 bits per heavy atom. The van der Waals surface area contributed by atoms with E-state index in [9.17, 15) is 22.0 Å². The first-order chi connectivity index (χ1) is 16.4. The Labute approximate surface area is 201 Å². The van der Waals surface area contributed by atoms with Crippen molar-refractivity contribution in [2.45, 2.75) is 53.9 Å². The summed E-state index contributed by atoms with van der Waals surface area (Å²) in [7, 11) is 0. The molecule has 1 saturated carbocycles. The van der Waals surface area contributed by atoms with Gasteiger partial charge in [-0.25, -0.2) is 22.0 Å². The molecule has 1 fully saturated rings. The molecule has 0 amide bonds. The third-order valence-corrected chi connectivity index (χ3v) is 5.24. The van der Waals surface area contributed by atoms with E-state index in [1.807, 2.05) is 13.8 Å². The Morgan fingerprint density at radius 2 is 1.63 bits per heavy atom. The van der Waals surface area contributed by atoms with Crippen molar-refractivity contribution in [2.75, 3.05) is 11.4 Å². The van der Waals surface area contributed by atoms with Crippen molar-refractivity contribution >= 4 is 28.7 Å². The average molecular weight is 496 g/mol.